The zero-order valence-corrected chi connectivity index (χ0v) is 22.0. The number of benzene rings is 3. The van der Waals surface area contributed by atoms with E-state index >= 15 is 0 Å². The van der Waals surface area contributed by atoms with Crippen LogP contribution in [0.3, 0.4) is 0 Å². The van der Waals surface area contributed by atoms with E-state index in [2.05, 4.69) is 59.5 Å². The van der Waals surface area contributed by atoms with Gasteiger partial charge >= 0.3 is 5.97 Å². The number of nitrogens with zero attached hydrogens (tertiary/aromatic N) is 3. The van der Waals surface area contributed by atoms with Crippen LogP contribution in [0, 0.1) is 11.3 Å². The van der Waals surface area contributed by atoms with E-state index in [1.54, 1.807) is 36.2 Å². The van der Waals surface area contributed by atoms with E-state index in [1.165, 1.54) is 16.8 Å². The number of piperidine rings is 1. The number of hydrogen-bond acceptors (Lipinski definition) is 5. The molecule has 0 bridgehead atoms. The average molecular weight is 508 g/mol. The Morgan fingerprint density at radius 1 is 1.03 bits per heavy atom. The van der Waals surface area contributed by atoms with Gasteiger partial charge in [0, 0.05) is 18.3 Å². The fraction of sp³-hybridized carbons (Fsp3) is 0.344. The number of amides is 1. The van der Waals surface area contributed by atoms with Crippen LogP contribution in [0.2, 0.25) is 0 Å². The molecule has 3 aromatic carbocycles. The van der Waals surface area contributed by atoms with Crippen molar-refractivity contribution in [3.63, 3.8) is 0 Å². The molecule has 1 spiro atoms. The van der Waals surface area contributed by atoms with Crippen molar-refractivity contribution in [2.75, 3.05) is 23.1 Å². The standard InChI is InChI=1S/C32H33N3O3/c1-3-38-30(36)25-13-15-27(16-14-25)35-31(37)32(22(2)33-35)21-26-11-7-8-12-28(26)34-18-17-24(20-29(32)34)19-23-9-5-4-6-10-23/h4-16,24,29H,3,17-21H2,1-2H3/t24-,29+,32+/m1/s1. The van der Waals surface area contributed by atoms with Crippen LogP contribution >= 0.6 is 0 Å². The smallest absolute Gasteiger partial charge is 0.338 e. The zero-order valence-electron chi connectivity index (χ0n) is 22.0. The summed E-state index contributed by atoms with van der Waals surface area (Å²) >= 11 is 0. The first-order valence-electron chi connectivity index (χ1n) is 13.6. The molecule has 6 rings (SSSR count). The van der Waals surface area contributed by atoms with Crippen LogP contribution in [0.25, 0.3) is 0 Å². The third-order valence-electron chi connectivity index (χ3n) is 8.51. The molecule has 0 aromatic heterocycles. The van der Waals surface area contributed by atoms with Gasteiger partial charge in [0.15, 0.2) is 0 Å². The highest BCUT2D eigenvalue weighted by atomic mass is 16.5. The largest absolute Gasteiger partial charge is 0.462 e. The monoisotopic (exact) mass is 507 g/mol. The van der Waals surface area contributed by atoms with Crippen molar-refractivity contribution in [1.29, 1.82) is 0 Å². The van der Waals surface area contributed by atoms with Crippen molar-refractivity contribution >= 4 is 29.0 Å². The summed E-state index contributed by atoms with van der Waals surface area (Å²) in [6.07, 6.45) is 3.71. The molecule has 3 heterocycles. The van der Waals surface area contributed by atoms with Crippen molar-refractivity contribution in [3.05, 3.63) is 95.6 Å². The Morgan fingerprint density at radius 3 is 2.53 bits per heavy atom. The first-order chi connectivity index (χ1) is 18.5. The van der Waals surface area contributed by atoms with E-state index < -0.39 is 5.41 Å². The first-order valence-corrected chi connectivity index (χ1v) is 13.6. The summed E-state index contributed by atoms with van der Waals surface area (Å²) in [5, 5.41) is 6.41. The molecular weight excluding hydrogens is 474 g/mol. The van der Waals surface area contributed by atoms with E-state index in [9.17, 15) is 9.59 Å². The summed E-state index contributed by atoms with van der Waals surface area (Å²) < 4.78 is 5.11. The lowest BCUT2D eigenvalue weighted by Crippen LogP contribution is -2.62. The third kappa shape index (κ3) is 3.99. The molecule has 1 amide bonds. The second kappa shape index (κ2) is 9.75. The molecule has 0 radical (unpaired) electrons. The van der Waals surface area contributed by atoms with Gasteiger partial charge in [-0.05, 0) is 86.9 Å². The van der Waals surface area contributed by atoms with E-state index in [-0.39, 0.29) is 17.9 Å². The number of hydrogen-bond donors (Lipinski definition) is 0. The van der Waals surface area contributed by atoms with E-state index in [1.807, 2.05) is 6.92 Å². The Labute approximate surface area is 223 Å². The highest BCUT2D eigenvalue weighted by Gasteiger charge is 2.59. The molecule has 0 unspecified atom stereocenters. The minimum Gasteiger partial charge on any atom is -0.462 e. The second-order valence-electron chi connectivity index (χ2n) is 10.6. The number of esters is 1. The van der Waals surface area contributed by atoms with Gasteiger partial charge in [0.25, 0.3) is 5.91 Å². The molecule has 6 heteroatoms. The Kier molecular flexibility index (Phi) is 6.26. The zero-order chi connectivity index (χ0) is 26.3. The van der Waals surface area contributed by atoms with Crippen molar-refractivity contribution < 1.29 is 14.3 Å². The third-order valence-corrected chi connectivity index (χ3v) is 8.51. The number of anilines is 2. The van der Waals surface area contributed by atoms with Crippen LogP contribution in [0.15, 0.2) is 84.0 Å². The van der Waals surface area contributed by atoms with Crippen LogP contribution in [-0.2, 0) is 22.4 Å². The summed E-state index contributed by atoms with van der Waals surface area (Å²) in [7, 11) is 0. The minimum atomic E-state index is -0.719. The predicted octanol–water partition coefficient (Wildman–Crippen LogP) is 5.66. The topological polar surface area (TPSA) is 62.2 Å². The van der Waals surface area contributed by atoms with Gasteiger partial charge in [0.2, 0.25) is 0 Å². The summed E-state index contributed by atoms with van der Waals surface area (Å²) in [6.45, 7) is 5.04. The molecule has 3 aliphatic heterocycles. The van der Waals surface area contributed by atoms with Crippen molar-refractivity contribution in [1.82, 2.24) is 0 Å². The van der Waals surface area contributed by atoms with Crippen LogP contribution in [0.5, 0.6) is 0 Å². The summed E-state index contributed by atoms with van der Waals surface area (Å²) in [5.74, 6) is 0.150. The molecule has 3 aromatic rings. The molecule has 194 valence electrons. The Balaban J connectivity index is 1.34. The molecular formula is C32H33N3O3. The molecule has 1 fully saturated rings. The minimum absolute atomic E-state index is 0.0174. The highest BCUT2D eigenvalue weighted by molar-refractivity contribution is 6.20. The molecule has 1 saturated heterocycles. The van der Waals surface area contributed by atoms with Crippen LogP contribution in [-0.4, -0.2) is 36.8 Å². The molecule has 0 aliphatic carbocycles. The average Bonchev–Trinajstić information content (AvgIpc) is 3.19. The van der Waals surface area contributed by atoms with Crippen molar-refractivity contribution in [3.8, 4) is 0 Å². The molecule has 0 N–H and O–H groups in total. The molecule has 3 aliphatic rings. The first kappa shape index (κ1) is 24.4. The molecule has 38 heavy (non-hydrogen) atoms. The molecule has 3 atom stereocenters. The molecule has 6 nitrogen and oxygen atoms in total. The Hall–Kier alpha value is -3.93. The normalized spacial score (nSPS) is 24.2. The van der Waals surface area contributed by atoms with Crippen molar-refractivity contribution in [2.45, 2.75) is 45.6 Å². The maximum Gasteiger partial charge on any atom is 0.338 e. The number of fused-ring (bicyclic) bond motifs is 4. The van der Waals surface area contributed by atoms with Gasteiger partial charge in [-0.1, -0.05) is 48.5 Å². The number of carbonyl (C=O) groups excluding carboxylic acids is 2. The second-order valence-corrected chi connectivity index (χ2v) is 10.6. The lowest BCUT2D eigenvalue weighted by molar-refractivity contribution is -0.125. The summed E-state index contributed by atoms with van der Waals surface area (Å²) in [5.41, 5.74) is 5.08. The summed E-state index contributed by atoms with van der Waals surface area (Å²) in [6, 6.07) is 26.2. The van der Waals surface area contributed by atoms with E-state index in [0.29, 0.717) is 30.2 Å². The highest BCUT2D eigenvalue weighted by Crippen LogP contribution is 2.50. The number of rotatable bonds is 5. The quantitative estimate of drug-likeness (QED) is 0.419. The van der Waals surface area contributed by atoms with E-state index in [0.717, 1.165) is 31.5 Å². The maximum atomic E-state index is 14.4. The number of carbonyl (C=O) groups is 2. The SMILES string of the molecule is CCOC(=O)c1ccc(N2N=C(C)[C@]3(Cc4ccccc4N4CC[C@H](Cc5ccccc5)C[C@H]43)C2=O)cc1. The Morgan fingerprint density at radius 2 is 1.76 bits per heavy atom. The van der Waals surface area contributed by atoms with Gasteiger partial charge in [0.05, 0.1) is 23.6 Å². The predicted molar refractivity (Wildman–Crippen MR) is 150 cm³/mol. The van der Waals surface area contributed by atoms with E-state index in [4.69, 9.17) is 9.84 Å². The van der Waals surface area contributed by atoms with Gasteiger partial charge < -0.3 is 9.64 Å². The fourth-order valence-electron chi connectivity index (χ4n) is 6.63. The van der Waals surface area contributed by atoms with Gasteiger partial charge in [-0.15, -0.1) is 0 Å². The number of para-hydroxylation sites is 1. The van der Waals surface area contributed by atoms with Crippen LogP contribution < -0.4 is 9.91 Å². The van der Waals surface area contributed by atoms with Gasteiger partial charge in [-0.3, -0.25) is 4.79 Å². The lowest BCUT2D eigenvalue weighted by atomic mass is 9.64. The Bertz CT molecular complexity index is 1380. The van der Waals surface area contributed by atoms with Gasteiger partial charge in [-0.25, -0.2) is 4.79 Å². The maximum absolute atomic E-state index is 14.4. The summed E-state index contributed by atoms with van der Waals surface area (Å²) in [4.78, 5) is 29.1. The van der Waals surface area contributed by atoms with Gasteiger partial charge in [0.1, 0.15) is 5.41 Å². The van der Waals surface area contributed by atoms with Crippen LogP contribution in [0.1, 0.15) is 48.2 Å². The van der Waals surface area contributed by atoms with Gasteiger partial charge in [-0.2, -0.15) is 10.1 Å². The number of hydrazone groups is 1. The fourth-order valence-corrected chi connectivity index (χ4v) is 6.63. The van der Waals surface area contributed by atoms with Crippen molar-refractivity contribution in [2.24, 2.45) is 16.4 Å². The lowest BCUT2D eigenvalue weighted by Gasteiger charge is -2.52. The van der Waals surface area contributed by atoms with Crippen LogP contribution in [0.4, 0.5) is 11.4 Å². The number of ether oxygens (including phenoxy) is 1. The molecule has 0 saturated carbocycles.